The Labute approximate surface area is 170 Å². The van der Waals surface area contributed by atoms with Crippen LogP contribution in [0.3, 0.4) is 0 Å². The van der Waals surface area contributed by atoms with Gasteiger partial charge in [-0.15, -0.1) is 0 Å². The number of nitrogens with one attached hydrogen (secondary N) is 1. The van der Waals surface area contributed by atoms with Crippen LogP contribution in [0.5, 0.6) is 0 Å². The summed E-state index contributed by atoms with van der Waals surface area (Å²) in [6, 6.07) is 13.8. The molecule has 2 aromatic carbocycles. The maximum Gasteiger partial charge on any atom is 0.338 e. The molecule has 0 saturated heterocycles. The number of carbonyl (C=O) groups is 3. The van der Waals surface area contributed by atoms with Crippen LogP contribution in [0, 0.1) is 0 Å². The van der Waals surface area contributed by atoms with Crippen molar-refractivity contribution in [3.63, 3.8) is 0 Å². The second kappa shape index (κ2) is 10.8. The predicted molar refractivity (Wildman–Crippen MR) is 110 cm³/mol. The number of hydrogen-bond donors (Lipinski definition) is 1. The highest BCUT2D eigenvalue weighted by Gasteiger charge is 2.11. The largest absolute Gasteiger partial charge is 0.465 e. The van der Waals surface area contributed by atoms with Crippen LogP contribution in [0.4, 0.5) is 5.69 Å². The summed E-state index contributed by atoms with van der Waals surface area (Å²) in [5.41, 5.74) is 2.67. The Bertz CT molecular complexity index is 827. The number of esters is 2. The van der Waals surface area contributed by atoms with Gasteiger partial charge in [-0.2, -0.15) is 0 Å². The van der Waals surface area contributed by atoms with Crippen LogP contribution in [0.15, 0.2) is 48.5 Å². The molecule has 7 heteroatoms. The summed E-state index contributed by atoms with van der Waals surface area (Å²) < 4.78 is 9.71. The van der Waals surface area contributed by atoms with Gasteiger partial charge >= 0.3 is 11.9 Å². The summed E-state index contributed by atoms with van der Waals surface area (Å²) in [5, 5.41) is 2.67. The molecule has 0 radical (unpaired) electrons. The van der Waals surface area contributed by atoms with Crippen molar-refractivity contribution in [2.24, 2.45) is 0 Å². The Morgan fingerprint density at radius 3 is 1.97 bits per heavy atom. The van der Waals surface area contributed by atoms with E-state index in [1.165, 1.54) is 7.11 Å². The minimum atomic E-state index is -0.548. The number of carbonyl (C=O) groups excluding carboxylic acids is 3. The lowest BCUT2D eigenvalue weighted by Crippen LogP contribution is -2.28. The van der Waals surface area contributed by atoms with E-state index in [-0.39, 0.29) is 13.2 Å². The van der Waals surface area contributed by atoms with E-state index in [0.717, 1.165) is 24.3 Å². The lowest BCUT2D eigenvalue weighted by atomic mass is 10.1. The third-order valence-corrected chi connectivity index (χ3v) is 4.43. The molecule has 0 aliphatic carbocycles. The van der Waals surface area contributed by atoms with Crippen LogP contribution in [0.2, 0.25) is 0 Å². The number of amides is 1. The Morgan fingerprint density at radius 1 is 0.862 bits per heavy atom. The zero-order chi connectivity index (χ0) is 21.2. The van der Waals surface area contributed by atoms with E-state index in [0.29, 0.717) is 11.1 Å². The van der Waals surface area contributed by atoms with Gasteiger partial charge in [-0.3, -0.25) is 4.79 Å². The first-order valence-corrected chi connectivity index (χ1v) is 9.44. The van der Waals surface area contributed by atoms with Gasteiger partial charge in [-0.1, -0.05) is 12.1 Å². The third-order valence-electron chi connectivity index (χ3n) is 4.43. The average Bonchev–Trinajstić information content (AvgIpc) is 2.77. The summed E-state index contributed by atoms with van der Waals surface area (Å²) in [6.45, 7) is 5.79. The maximum absolute atomic E-state index is 12.1. The lowest BCUT2D eigenvalue weighted by molar-refractivity contribution is -0.124. The Kier molecular flexibility index (Phi) is 8.21. The molecule has 154 valence electrons. The smallest absolute Gasteiger partial charge is 0.338 e. The molecule has 2 aromatic rings. The third kappa shape index (κ3) is 6.34. The van der Waals surface area contributed by atoms with E-state index in [2.05, 4.69) is 28.8 Å². The van der Waals surface area contributed by atoms with Gasteiger partial charge in [0, 0.05) is 25.3 Å². The summed E-state index contributed by atoms with van der Waals surface area (Å²) in [6.07, 6.45) is 0. The molecule has 0 fully saturated rings. The second-order valence-corrected chi connectivity index (χ2v) is 6.26. The minimum absolute atomic E-state index is 0.260. The first kappa shape index (κ1) is 21.9. The van der Waals surface area contributed by atoms with Gasteiger partial charge in [-0.05, 0) is 55.8 Å². The Morgan fingerprint density at radius 2 is 1.41 bits per heavy atom. The number of methoxy groups -OCH3 is 1. The predicted octanol–water partition coefficient (Wildman–Crippen LogP) is 2.79. The van der Waals surface area contributed by atoms with Crippen molar-refractivity contribution in [3.8, 4) is 0 Å². The summed E-state index contributed by atoms with van der Waals surface area (Å²) in [5.74, 6) is -1.37. The van der Waals surface area contributed by atoms with E-state index in [1.807, 2.05) is 12.1 Å². The van der Waals surface area contributed by atoms with E-state index >= 15 is 0 Å². The van der Waals surface area contributed by atoms with Crippen molar-refractivity contribution in [2.45, 2.75) is 20.4 Å². The van der Waals surface area contributed by atoms with Gasteiger partial charge in [0.25, 0.3) is 5.91 Å². The van der Waals surface area contributed by atoms with E-state index in [9.17, 15) is 14.4 Å². The molecule has 0 unspecified atom stereocenters. The topological polar surface area (TPSA) is 84.9 Å². The van der Waals surface area contributed by atoms with Crippen molar-refractivity contribution in [2.75, 3.05) is 31.7 Å². The molecule has 0 aliphatic heterocycles. The quantitative estimate of drug-likeness (QED) is 0.654. The first-order chi connectivity index (χ1) is 14.0. The van der Waals surface area contributed by atoms with Crippen LogP contribution in [0.1, 0.15) is 40.1 Å². The molecule has 29 heavy (non-hydrogen) atoms. The fraction of sp³-hybridized carbons (Fsp3) is 0.318. The average molecular weight is 398 g/mol. The van der Waals surface area contributed by atoms with Crippen molar-refractivity contribution in [3.05, 3.63) is 65.2 Å². The summed E-state index contributed by atoms with van der Waals surface area (Å²) >= 11 is 0. The molecule has 0 atom stereocenters. The zero-order valence-corrected chi connectivity index (χ0v) is 16.9. The van der Waals surface area contributed by atoms with Gasteiger partial charge in [0.05, 0.1) is 18.2 Å². The highest BCUT2D eigenvalue weighted by molar-refractivity contribution is 5.91. The number of anilines is 1. The molecule has 0 heterocycles. The molecule has 0 aromatic heterocycles. The number of ether oxygens (including phenoxy) is 2. The second-order valence-electron chi connectivity index (χ2n) is 6.26. The SMILES string of the molecule is CCN(CC)c1ccc(C(=O)OCC(=O)NCc2ccc(C(=O)OC)cc2)cc1. The van der Waals surface area contributed by atoms with E-state index < -0.39 is 17.8 Å². The maximum atomic E-state index is 12.1. The van der Waals surface area contributed by atoms with E-state index in [1.54, 1.807) is 36.4 Å². The Hall–Kier alpha value is -3.35. The van der Waals surface area contributed by atoms with Crippen LogP contribution in [-0.2, 0) is 20.8 Å². The van der Waals surface area contributed by atoms with Crippen molar-refractivity contribution in [1.29, 1.82) is 0 Å². The number of benzene rings is 2. The van der Waals surface area contributed by atoms with Crippen LogP contribution >= 0.6 is 0 Å². The highest BCUT2D eigenvalue weighted by atomic mass is 16.5. The minimum Gasteiger partial charge on any atom is -0.465 e. The zero-order valence-electron chi connectivity index (χ0n) is 16.9. The Balaban J connectivity index is 1.79. The molecule has 0 spiro atoms. The van der Waals surface area contributed by atoms with Gasteiger partial charge < -0.3 is 19.7 Å². The van der Waals surface area contributed by atoms with Gasteiger partial charge in [0.1, 0.15) is 0 Å². The summed E-state index contributed by atoms with van der Waals surface area (Å²) in [4.78, 5) is 37.6. The fourth-order valence-corrected chi connectivity index (χ4v) is 2.74. The first-order valence-electron chi connectivity index (χ1n) is 9.44. The molecular formula is C22H26N2O5. The molecule has 0 saturated carbocycles. The van der Waals surface area contributed by atoms with Gasteiger partial charge in [0.15, 0.2) is 6.61 Å². The van der Waals surface area contributed by atoms with Gasteiger partial charge in [0.2, 0.25) is 0 Å². The molecule has 2 rings (SSSR count). The molecule has 1 amide bonds. The van der Waals surface area contributed by atoms with Crippen LogP contribution in [-0.4, -0.2) is 44.7 Å². The normalized spacial score (nSPS) is 10.2. The highest BCUT2D eigenvalue weighted by Crippen LogP contribution is 2.15. The standard InChI is InChI=1S/C22H26N2O5/c1-4-24(5-2)19-12-10-18(11-13-19)22(27)29-15-20(25)23-14-16-6-8-17(9-7-16)21(26)28-3/h6-13H,4-5,14-15H2,1-3H3,(H,23,25). The van der Waals surface area contributed by atoms with Gasteiger partial charge in [-0.25, -0.2) is 9.59 Å². The molecule has 0 bridgehead atoms. The van der Waals surface area contributed by atoms with Crippen LogP contribution < -0.4 is 10.2 Å². The monoisotopic (exact) mass is 398 g/mol. The van der Waals surface area contributed by atoms with Crippen molar-refractivity contribution < 1.29 is 23.9 Å². The fourth-order valence-electron chi connectivity index (χ4n) is 2.74. The molecule has 0 aliphatic rings. The molecule has 1 N–H and O–H groups in total. The van der Waals surface area contributed by atoms with E-state index in [4.69, 9.17) is 4.74 Å². The molecule has 7 nitrogen and oxygen atoms in total. The summed E-state index contributed by atoms with van der Waals surface area (Å²) in [7, 11) is 1.32. The van der Waals surface area contributed by atoms with Crippen molar-refractivity contribution in [1.82, 2.24) is 5.32 Å². The van der Waals surface area contributed by atoms with Crippen molar-refractivity contribution >= 4 is 23.5 Å². The number of rotatable bonds is 9. The number of hydrogen-bond acceptors (Lipinski definition) is 6. The molecular weight excluding hydrogens is 372 g/mol. The van der Waals surface area contributed by atoms with Crippen LogP contribution in [0.25, 0.3) is 0 Å². The number of nitrogens with zero attached hydrogens (tertiary/aromatic N) is 1. The lowest BCUT2D eigenvalue weighted by Gasteiger charge is -2.20.